The van der Waals surface area contributed by atoms with Crippen LogP contribution in [-0.4, -0.2) is 19.7 Å². The molecule has 130 valence electrons. The first-order valence-electron chi connectivity index (χ1n) is 7.59. The molecule has 2 heterocycles. The van der Waals surface area contributed by atoms with Gasteiger partial charge in [-0.1, -0.05) is 29.8 Å². The predicted octanol–water partition coefficient (Wildman–Crippen LogP) is 3.91. The minimum Gasteiger partial charge on any atom is -0.366 e. The fourth-order valence-electron chi connectivity index (χ4n) is 2.23. The number of aryl methyl sites for hydroxylation is 2. The number of aromatic nitrogens is 4. The molecule has 0 amide bonds. The van der Waals surface area contributed by atoms with Gasteiger partial charge in [0.25, 0.3) is 5.95 Å². The quantitative estimate of drug-likeness (QED) is 0.777. The maximum atomic E-state index is 12.7. The second kappa shape index (κ2) is 6.54. The summed E-state index contributed by atoms with van der Waals surface area (Å²) in [4.78, 5) is 8.39. The van der Waals surface area contributed by atoms with E-state index in [0.717, 1.165) is 16.3 Å². The summed E-state index contributed by atoms with van der Waals surface area (Å²) in [7, 11) is 0. The highest BCUT2D eigenvalue weighted by Crippen LogP contribution is 2.27. The molecule has 3 aromatic rings. The third kappa shape index (κ3) is 4.14. The third-order valence-electron chi connectivity index (χ3n) is 3.52. The number of rotatable bonds is 4. The summed E-state index contributed by atoms with van der Waals surface area (Å²) < 4.78 is 39.1. The molecule has 0 spiro atoms. The topological polar surface area (TPSA) is 55.6 Å². The van der Waals surface area contributed by atoms with E-state index >= 15 is 0 Å². The Kier molecular flexibility index (Phi) is 4.43. The lowest BCUT2D eigenvalue weighted by molar-refractivity contribution is -0.141. The van der Waals surface area contributed by atoms with Crippen LogP contribution in [0.1, 0.15) is 22.5 Å². The third-order valence-corrected chi connectivity index (χ3v) is 3.52. The molecule has 0 unspecified atom stereocenters. The summed E-state index contributed by atoms with van der Waals surface area (Å²) in [5.74, 6) is 0.606. The minimum atomic E-state index is -4.50. The highest BCUT2D eigenvalue weighted by Gasteiger charge is 2.33. The molecular weight excluding hydrogens is 331 g/mol. The number of hydrogen-bond donors (Lipinski definition) is 1. The summed E-state index contributed by atoms with van der Waals surface area (Å²) in [6.07, 6.45) is -3.30. The first-order chi connectivity index (χ1) is 11.8. The summed E-state index contributed by atoms with van der Waals surface area (Å²) >= 11 is 0. The Morgan fingerprint density at radius 3 is 2.40 bits per heavy atom. The molecule has 0 aliphatic heterocycles. The molecule has 3 rings (SSSR count). The van der Waals surface area contributed by atoms with Gasteiger partial charge in [-0.05, 0) is 25.5 Å². The molecule has 0 bridgehead atoms. The normalized spacial score (nSPS) is 11.6. The molecule has 0 saturated carbocycles. The molecular formula is C17H16F3N5. The zero-order valence-corrected chi connectivity index (χ0v) is 13.7. The van der Waals surface area contributed by atoms with E-state index in [1.54, 1.807) is 13.0 Å². The van der Waals surface area contributed by atoms with Crippen molar-refractivity contribution in [2.24, 2.45) is 0 Å². The number of nitrogens with zero attached hydrogens (tertiary/aromatic N) is 4. The Bertz CT molecular complexity index is 869. The van der Waals surface area contributed by atoms with Gasteiger partial charge in [-0.2, -0.15) is 23.3 Å². The van der Waals surface area contributed by atoms with Crippen LogP contribution in [0.2, 0.25) is 0 Å². The smallest absolute Gasteiger partial charge is 0.366 e. The van der Waals surface area contributed by atoms with Crippen molar-refractivity contribution >= 4 is 5.82 Å². The molecule has 8 heteroatoms. The highest BCUT2D eigenvalue weighted by atomic mass is 19.4. The Balaban J connectivity index is 1.80. The van der Waals surface area contributed by atoms with Crippen LogP contribution in [0.25, 0.3) is 5.95 Å². The monoisotopic (exact) mass is 347 g/mol. The average molecular weight is 347 g/mol. The molecule has 0 radical (unpaired) electrons. The van der Waals surface area contributed by atoms with Gasteiger partial charge in [0, 0.05) is 24.5 Å². The van der Waals surface area contributed by atoms with Crippen molar-refractivity contribution in [2.45, 2.75) is 26.6 Å². The maximum absolute atomic E-state index is 12.7. The number of hydrogen-bond acceptors (Lipinski definition) is 4. The van der Waals surface area contributed by atoms with Crippen LogP contribution in [0.3, 0.4) is 0 Å². The van der Waals surface area contributed by atoms with Gasteiger partial charge in [-0.25, -0.2) is 9.67 Å². The van der Waals surface area contributed by atoms with Crippen LogP contribution in [-0.2, 0) is 12.7 Å². The molecule has 2 aromatic heterocycles. The van der Waals surface area contributed by atoms with Crippen LogP contribution < -0.4 is 5.32 Å². The Morgan fingerprint density at radius 2 is 1.76 bits per heavy atom. The van der Waals surface area contributed by atoms with Crippen molar-refractivity contribution in [1.82, 2.24) is 19.7 Å². The van der Waals surface area contributed by atoms with Gasteiger partial charge in [0.1, 0.15) is 5.82 Å². The minimum absolute atomic E-state index is 0.0851. The van der Waals surface area contributed by atoms with Crippen molar-refractivity contribution < 1.29 is 13.2 Å². The molecule has 5 nitrogen and oxygen atoms in total. The number of benzene rings is 1. The van der Waals surface area contributed by atoms with Gasteiger partial charge in [-0.3, -0.25) is 0 Å². The lowest BCUT2D eigenvalue weighted by Crippen LogP contribution is -2.10. The Hall–Kier alpha value is -2.90. The zero-order chi connectivity index (χ0) is 18.0. The van der Waals surface area contributed by atoms with Crippen molar-refractivity contribution in [2.75, 3.05) is 5.32 Å². The van der Waals surface area contributed by atoms with E-state index in [9.17, 15) is 13.2 Å². The Morgan fingerprint density at radius 1 is 1.04 bits per heavy atom. The molecule has 0 saturated heterocycles. The van der Waals surface area contributed by atoms with Gasteiger partial charge < -0.3 is 5.32 Å². The van der Waals surface area contributed by atoms with Crippen molar-refractivity contribution in [3.63, 3.8) is 0 Å². The van der Waals surface area contributed by atoms with Crippen LogP contribution in [0.15, 0.2) is 42.6 Å². The number of nitrogens with one attached hydrogen (secondary N) is 1. The van der Waals surface area contributed by atoms with Gasteiger partial charge in [0.2, 0.25) is 0 Å². The summed E-state index contributed by atoms with van der Waals surface area (Å²) in [5.41, 5.74) is 1.89. The molecule has 1 N–H and O–H groups in total. The maximum Gasteiger partial charge on any atom is 0.435 e. The first kappa shape index (κ1) is 16.9. The number of halogens is 3. The Labute approximate surface area is 142 Å². The van der Waals surface area contributed by atoms with E-state index in [2.05, 4.69) is 20.4 Å². The van der Waals surface area contributed by atoms with E-state index in [4.69, 9.17) is 0 Å². The first-order valence-corrected chi connectivity index (χ1v) is 7.59. The van der Waals surface area contributed by atoms with Gasteiger partial charge in [0.15, 0.2) is 5.69 Å². The lowest BCUT2D eigenvalue weighted by Gasteiger charge is -2.09. The SMILES string of the molecule is Cc1ccc(CNc2cc(C)nc(-n3ccc(C(F)(F)F)n3)n2)cc1. The summed E-state index contributed by atoms with van der Waals surface area (Å²) in [5, 5.41) is 6.65. The number of alkyl halides is 3. The summed E-state index contributed by atoms with van der Waals surface area (Å²) in [6.45, 7) is 4.30. The van der Waals surface area contributed by atoms with Gasteiger partial charge in [-0.15, -0.1) is 0 Å². The standard InChI is InChI=1S/C17H16F3N5/c1-11-3-5-13(6-4-11)10-21-15-9-12(2)22-16(23-15)25-8-7-14(24-25)17(18,19)20/h3-9H,10H2,1-2H3,(H,21,22,23). The molecule has 0 fully saturated rings. The largest absolute Gasteiger partial charge is 0.435 e. The fourth-order valence-corrected chi connectivity index (χ4v) is 2.23. The van der Waals surface area contributed by atoms with E-state index in [1.807, 2.05) is 31.2 Å². The molecule has 25 heavy (non-hydrogen) atoms. The van der Waals surface area contributed by atoms with E-state index in [0.29, 0.717) is 18.1 Å². The van der Waals surface area contributed by atoms with E-state index in [1.165, 1.54) is 11.8 Å². The molecule has 1 aromatic carbocycles. The van der Waals surface area contributed by atoms with Crippen LogP contribution in [0.4, 0.5) is 19.0 Å². The highest BCUT2D eigenvalue weighted by molar-refractivity contribution is 5.39. The predicted molar refractivity (Wildman–Crippen MR) is 87.4 cm³/mol. The second-order valence-corrected chi connectivity index (χ2v) is 5.68. The molecule has 0 aliphatic rings. The molecule has 0 aliphatic carbocycles. The number of anilines is 1. The second-order valence-electron chi connectivity index (χ2n) is 5.68. The van der Waals surface area contributed by atoms with Crippen molar-refractivity contribution in [1.29, 1.82) is 0 Å². The van der Waals surface area contributed by atoms with E-state index in [-0.39, 0.29) is 5.95 Å². The van der Waals surface area contributed by atoms with Crippen LogP contribution in [0, 0.1) is 13.8 Å². The van der Waals surface area contributed by atoms with Gasteiger partial charge in [0.05, 0.1) is 0 Å². The average Bonchev–Trinajstić information content (AvgIpc) is 3.04. The zero-order valence-electron chi connectivity index (χ0n) is 13.7. The van der Waals surface area contributed by atoms with Crippen molar-refractivity contribution in [3.05, 3.63) is 65.1 Å². The fraction of sp³-hybridized carbons (Fsp3) is 0.235. The van der Waals surface area contributed by atoms with E-state index < -0.39 is 11.9 Å². The molecule has 0 atom stereocenters. The van der Waals surface area contributed by atoms with Crippen LogP contribution in [0.5, 0.6) is 0 Å². The summed E-state index contributed by atoms with van der Waals surface area (Å²) in [6, 6.07) is 10.6. The van der Waals surface area contributed by atoms with Crippen LogP contribution >= 0.6 is 0 Å². The lowest BCUT2D eigenvalue weighted by atomic mass is 10.1. The van der Waals surface area contributed by atoms with Crippen molar-refractivity contribution in [3.8, 4) is 5.95 Å². The van der Waals surface area contributed by atoms with Gasteiger partial charge >= 0.3 is 6.18 Å².